The van der Waals surface area contributed by atoms with Gasteiger partial charge in [0.15, 0.2) is 0 Å². The van der Waals surface area contributed by atoms with Crippen LogP contribution in [0.2, 0.25) is 5.02 Å². The van der Waals surface area contributed by atoms with Gasteiger partial charge >= 0.3 is 0 Å². The molecule has 86 valence electrons. The molecule has 0 aliphatic heterocycles. The molecule has 0 aromatic heterocycles. The van der Waals surface area contributed by atoms with Gasteiger partial charge in [0, 0.05) is 12.5 Å². The van der Waals surface area contributed by atoms with Crippen LogP contribution in [0, 0.1) is 18.2 Å². The number of hydrogen-bond donors (Lipinski definition) is 1. The lowest BCUT2D eigenvalue weighted by Crippen LogP contribution is -2.20. The van der Waals surface area contributed by atoms with E-state index in [-0.39, 0.29) is 16.9 Å². The van der Waals surface area contributed by atoms with Crippen LogP contribution in [-0.2, 0) is 0 Å². The third-order valence-corrected chi connectivity index (χ3v) is 2.68. The first-order valence-electron chi connectivity index (χ1n) is 5.30. The summed E-state index contributed by atoms with van der Waals surface area (Å²) in [6, 6.07) is 4.96. The molecule has 0 saturated heterocycles. The maximum Gasteiger partial charge on any atom is 0.142 e. The first kappa shape index (κ1) is 13.0. The highest BCUT2D eigenvalue weighted by Gasteiger charge is 2.11. The molecule has 0 spiro atoms. The quantitative estimate of drug-likeness (QED) is 0.775. The van der Waals surface area contributed by atoms with Gasteiger partial charge in [0.25, 0.3) is 0 Å². The van der Waals surface area contributed by atoms with Crippen molar-refractivity contribution >= 4 is 11.6 Å². The molecule has 0 bridgehead atoms. The van der Waals surface area contributed by atoms with Crippen LogP contribution in [0.4, 0.5) is 4.39 Å². The van der Waals surface area contributed by atoms with Crippen molar-refractivity contribution in [1.82, 2.24) is 5.32 Å². The summed E-state index contributed by atoms with van der Waals surface area (Å²) in [6.45, 7) is 2.83. The van der Waals surface area contributed by atoms with Crippen LogP contribution >= 0.6 is 11.6 Å². The molecule has 0 heterocycles. The monoisotopic (exact) mass is 239 g/mol. The van der Waals surface area contributed by atoms with E-state index in [1.54, 1.807) is 6.07 Å². The van der Waals surface area contributed by atoms with Gasteiger partial charge in [0.2, 0.25) is 0 Å². The number of nitrogens with one attached hydrogen (secondary N) is 1. The smallest absolute Gasteiger partial charge is 0.142 e. The van der Waals surface area contributed by atoms with E-state index in [0.717, 1.165) is 18.5 Å². The normalized spacial score (nSPS) is 12.1. The zero-order valence-corrected chi connectivity index (χ0v) is 10.0. The highest BCUT2D eigenvalue weighted by Crippen LogP contribution is 2.23. The van der Waals surface area contributed by atoms with Gasteiger partial charge < -0.3 is 5.32 Å². The Kier molecular flexibility index (Phi) is 5.31. The molecule has 1 aromatic rings. The third kappa shape index (κ3) is 3.52. The topological polar surface area (TPSA) is 12.0 Å². The Morgan fingerprint density at radius 3 is 2.88 bits per heavy atom. The molecule has 16 heavy (non-hydrogen) atoms. The largest absolute Gasteiger partial charge is 0.310 e. The number of benzene rings is 1. The number of rotatable bonds is 5. The molecule has 0 aliphatic rings. The first-order chi connectivity index (χ1) is 7.69. The summed E-state index contributed by atoms with van der Waals surface area (Å²) < 4.78 is 13.3. The summed E-state index contributed by atoms with van der Waals surface area (Å²) in [6.07, 6.45) is 6.70. The van der Waals surface area contributed by atoms with E-state index in [4.69, 9.17) is 18.0 Å². The van der Waals surface area contributed by atoms with Crippen LogP contribution < -0.4 is 5.32 Å². The summed E-state index contributed by atoms with van der Waals surface area (Å²) in [5, 5.41) is 3.42. The Balaban J connectivity index is 2.83. The number of halogens is 2. The molecule has 0 fully saturated rings. The minimum Gasteiger partial charge on any atom is -0.310 e. The molecule has 1 rings (SSSR count). The Hall–Kier alpha value is -1.04. The van der Waals surface area contributed by atoms with Gasteiger partial charge in [-0.1, -0.05) is 24.6 Å². The fourth-order valence-electron chi connectivity index (χ4n) is 1.59. The van der Waals surface area contributed by atoms with Crippen molar-refractivity contribution in [1.29, 1.82) is 0 Å². The predicted octanol–water partition coefficient (Wildman–Crippen LogP) is 3.54. The van der Waals surface area contributed by atoms with Crippen molar-refractivity contribution in [3.8, 4) is 12.3 Å². The van der Waals surface area contributed by atoms with E-state index in [9.17, 15) is 4.39 Å². The van der Waals surface area contributed by atoms with Crippen LogP contribution in [0.15, 0.2) is 18.2 Å². The highest BCUT2D eigenvalue weighted by atomic mass is 35.5. The summed E-state index contributed by atoms with van der Waals surface area (Å²) >= 11 is 5.64. The predicted molar refractivity (Wildman–Crippen MR) is 65.9 cm³/mol. The lowest BCUT2D eigenvalue weighted by molar-refractivity contribution is 0.518. The Morgan fingerprint density at radius 1 is 1.56 bits per heavy atom. The molecule has 1 aromatic carbocycles. The molecule has 3 heteroatoms. The summed E-state index contributed by atoms with van der Waals surface area (Å²) in [4.78, 5) is 0. The average molecular weight is 240 g/mol. The van der Waals surface area contributed by atoms with E-state index in [1.165, 1.54) is 6.07 Å². The molecule has 0 amide bonds. The standard InChI is InChI=1S/C13H15ClFN/c1-3-5-6-13(16-4-2)10-7-8-11(14)12(15)9-10/h1,7-9,13,16H,4-6H2,2H3. The van der Waals surface area contributed by atoms with E-state index in [2.05, 4.69) is 11.2 Å². The summed E-state index contributed by atoms with van der Waals surface area (Å²) in [5.41, 5.74) is 0.888. The van der Waals surface area contributed by atoms with E-state index in [0.29, 0.717) is 6.42 Å². The SMILES string of the molecule is C#CCCC(NCC)c1ccc(Cl)c(F)c1. The van der Waals surface area contributed by atoms with Crippen molar-refractivity contribution in [3.05, 3.63) is 34.6 Å². The van der Waals surface area contributed by atoms with E-state index < -0.39 is 0 Å². The Labute approximate surface area is 101 Å². The number of hydrogen-bond acceptors (Lipinski definition) is 1. The fourth-order valence-corrected chi connectivity index (χ4v) is 1.71. The van der Waals surface area contributed by atoms with Gasteiger partial charge in [-0.2, -0.15) is 0 Å². The van der Waals surface area contributed by atoms with Crippen molar-refractivity contribution in [2.24, 2.45) is 0 Å². The highest BCUT2D eigenvalue weighted by molar-refractivity contribution is 6.30. The molecule has 0 saturated carbocycles. The second-order valence-corrected chi connectivity index (χ2v) is 3.93. The molecule has 0 aliphatic carbocycles. The van der Waals surface area contributed by atoms with Gasteiger partial charge in [0.05, 0.1) is 5.02 Å². The van der Waals surface area contributed by atoms with Crippen molar-refractivity contribution < 1.29 is 4.39 Å². The average Bonchev–Trinajstić information content (AvgIpc) is 2.28. The first-order valence-corrected chi connectivity index (χ1v) is 5.68. The molecular formula is C13H15ClFN. The molecular weight excluding hydrogens is 225 g/mol. The fraction of sp³-hybridized carbons (Fsp3) is 0.385. The van der Waals surface area contributed by atoms with Crippen LogP contribution in [-0.4, -0.2) is 6.54 Å². The summed E-state index contributed by atoms with van der Waals surface area (Å²) in [7, 11) is 0. The molecule has 1 unspecified atom stereocenters. The maximum absolute atomic E-state index is 13.3. The summed E-state index contributed by atoms with van der Waals surface area (Å²) in [5.74, 6) is 2.21. The zero-order chi connectivity index (χ0) is 12.0. The van der Waals surface area contributed by atoms with Gasteiger partial charge in [-0.3, -0.25) is 0 Å². The Morgan fingerprint density at radius 2 is 2.31 bits per heavy atom. The molecule has 1 atom stereocenters. The minimum atomic E-state index is -0.386. The molecule has 1 N–H and O–H groups in total. The van der Waals surface area contributed by atoms with Crippen LogP contribution in [0.25, 0.3) is 0 Å². The van der Waals surface area contributed by atoms with Crippen molar-refractivity contribution in [3.63, 3.8) is 0 Å². The van der Waals surface area contributed by atoms with Crippen LogP contribution in [0.5, 0.6) is 0 Å². The Bertz CT molecular complexity index is 384. The lowest BCUT2D eigenvalue weighted by atomic mass is 10.0. The van der Waals surface area contributed by atoms with Crippen molar-refractivity contribution in [2.45, 2.75) is 25.8 Å². The maximum atomic E-state index is 13.3. The van der Waals surface area contributed by atoms with E-state index >= 15 is 0 Å². The zero-order valence-electron chi connectivity index (χ0n) is 9.26. The van der Waals surface area contributed by atoms with Gasteiger partial charge in [-0.05, 0) is 30.7 Å². The third-order valence-electron chi connectivity index (χ3n) is 2.37. The second kappa shape index (κ2) is 6.52. The lowest BCUT2D eigenvalue weighted by Gasteiger charge is -2.17. The van der Waals surface area contributed by atoms with Crippen LogP contribution in [0.1, 0.15) is 31.4 Å². The van der Waals surface area contributed by atoms with Crippen LogP contribution in [0.3, 0.4) is 0 Å². The van der Waals surface area contributed by atoms with Gasteiger partial charge in [-0.15, -0.1) is 12.3 Å². The number of terminal acetylenes is 1. The van der Waals surface area contributed by atoms with Crippen molar-refractivity contribution in [2.75, 3.05) is 6.54 Å². The van der Waals surface area contributed by atoms with E-state index in [1.807, 2.05) is 13.0 Å². The molecule has 1 nitrogen and oxygen atoms in total. The van der Waals surface area contributed by atoms with Gasteiger partial charge in [0.1, 0.15) is 5.82 Å². The molecule has 0 radical (unpaired) electrons. The second-order valence-electron chi connectivity index (χ2n) is 3.53. The van der Waals surface area contributed by atoms with Gasteiger partial charge in [-0.25, -0.2) is 4.39 Å². The minimum absolute atomic E-state index is 0.0906.